The third kappa shape index (κ3) is 4.10. The van der Waals surface area contributed by atoms with Crippen LogP contribution in [0.15, 0.2) is 12.1 Å². The minimum absolute atomic E-state index is 0.0630. The van der Waals surface area contributed by atoms with Crippen LogP contribution < -0.4 is 29.7 Å². The minimum Gasteiger partial charge on any atom is -0.493 e. The minimum atomic E-state index is -0.362. The Labute approximate surface area is 159 Å². The first-order valence-corrected chi connectivity index (χ1v) is 9.18. The second-order valence-corrected chi connectivity index (χ2v) is 6.84. The van der Waals surface area contributed by atoms with Gasteiger partial charge in [0, 0.05) is 37.7 Å². The van der Waals surface area contributed by atoms with E-state index in [-0.39, 0.29) is 30.2 Å². The lowest BCUT2D eigenvalue weighted by Gasteiger charge is -2.25. The highest BCUT2D eigenvalue weighted by molar-refractivity contribution is 6.00. The summed E-state index contributed by atoms with van der Waals surface area (Å²) in [6, 6.07) is 3.59. The van der Waals surface area contributed by atoms with E-state index in [0.29, 0.717) is 29.5 Å². The fourth-order valence-electron chi connectivity index (χ4n) is 3.65. The number of anilines is 1. The molecular formula is C19H27N3O5. The Balaban J connectivity index is 1.74. The smallest absolute Gasteiger partial charge is 0.227 e. The second kappa shape index (κ2) is 8.47. The van der Waals surface area contributed by atoms with E-state index in [1.54, 1.807) is 17.0 Å². The zero-order chi connectivity index (χ0) is 19.4. The molecule has 0 aromatic heterocycles. The number of methoxy groups -OCH3 is 3. The molecule has 2 amide bonds. The molecule has 1 aromatic rings. The highest BCUT2D eigenvalue weighted by atomic mass is 16.5. The van der Waals surface area contributed by atoms with E-state index in [0.717, 1.165) is 25.9 Å². The molecule has 148 valence electrons. The first-order valence-electron chi connectivity index (χ1n) is 9.18. The van der Waals surface area contributed by atoms with Gasteiger partial charge in [0.05, 0.1) is 32.9 Å². The first-order chi connectivity index (χ1) is 13.1. The average Bonchev–Trinajstić information content (AvgIpc) is 3.09. The Morgan fingerprint density at radius 2 is 1.89 bits per heavy atom. The largest absolute Gasteiger partial charge is 0.493 e. The van der Waals surface area contributed by atoms with Crippen molar-refractivity contribution in [2.24, 2.45) is 5.92 Å². The Morgan fingerprint density at radius 3 is 2.44 bits per heavy atom. The monoisotopic (exact) mass is 377 g/mol. The van der Waals surface area contributed by atoms with Crippen LogP contribution in [-0.2, 0) is 9.59 Å². The fraction of sp³-hybridized carbons (Fsp3) is 0.579. The van der Waals surface area contributed by atoms with Crippen molar-refractivity contribution in [3.8, 4) is 17.2 Å². The predicted molar refractivity (Wildman–Crippen MR) is 101 cm³/mol. The van der Waals surface area contributed by atoms with Gasteiger partial charge in [-0.2, -0.15) is 0 Å². The van der Waals surface area contributed by atoms with E-state index in [1.165, 1.54) is 21.3 Å². The van der Waals surface area contributed by atoms with Gasteiger partial charge in [-0.05, 0) is 19.4 Å². The van der Waals surface area contributed by atoms with Crippen LogP contribution in [0.1, 0.15) is 19.3 Å². The fourth-order valence-corrected chi connectivity index (χ4v) is 3.65. The summed E-state index contributed by atoms with van der Waals surface area (Å²) in [7, 11) is 4.59. The molecule has 2 atom stereocenters. The molecule has 2 N–H and O–H groups in total. The lowest BCUT2D eigenvalue weighted by molar-refractivity contribution is -0.127. The summed E-state index contributed by atoms with van der Waals surface area (Å²) < 4.78 is 16.0. The number of hydrogen-bond donors (Lipinski definition) is 2. The van der Waals surface area contributed by atoms with Gasteiger partial charge in [-0.1, -0.05) is 0 Å². The number of ether oxygens (including phenoxy) is 3. The molecule has 2 saturated heterocycles. The summed E-state index contributed by atoms with van der Waals surface area (Å²) in [5.74, 6) is 0.896. The molecule has 3 rings (SSSR count). The van der Waals surface area contributed by atoms with E-state index in [4.69, 9.17) is 14.2 Å². The number of amides is 2. The zero-order valence-electron chi connectivity index (χ0n) is 16.0. The van der Waals surface area contributed by atoms with E-state index in [9.17, 15) is 9.59 Å². The van der Waals surface area contributed by atoms with Crippen LogP contribution in [0, 0.1) is 5.92 Å². The maximum absolute atomic E-state index is 12.6. The molecule has 1 aromatic carbocycles. The molecule has 2 heterocycles. The van der Waals surface area contributed by atoms with Gasteiger partial charge in [-0.25, -0.2) is 0 Å². The molecule has 0 saturated carbocycles. The van der Waals surface area contributed by atoms with Crippen molar-refractivity contribution in [3.63, 3.8) is 0 Å². The Hall–Kier alpha value is -2.48. The number of carbonyl (C=O) groups is 2. The SMILES string of the molecule is COc1cc(N2CC(C(=O)N[C@H]3CCCNC3)CC2=O)cc(OC)c1OC. The number of nitrogens with zero attached hydrogens (tertiary/aromatic N) is 1. The quantitative estimate of drug-likeness (QED) is 0.767. The molecule has 1 unspecified atom stereocenters. The molecule has 27 heavy (non-hydrogen) atoms. The maximum Gasteiger partial charge on any atom is 0.227 e. The lowest BCUT2D eigenvalue weighted by atomic mass is 10.0. The molecule has 0 aliphatic carbocycles. The standard InChI is InChI=1S/C19H27N3O5/c1-25-15-8-14(9-16(26-2)18(15)27-3)22-11-12(7-17(22)23)19(24)21-13-5-4-6-20-10-13/h8-9,12-13,20H,4-7,10-11H2,1-3H3,(H,21,24)/t12?,13-/m0/s1. The summed E-state index contributed by atoms with van der Waals surface area (Å²) in [5.41, 5.74) is 0.629. The van der Waals surface area contributed by atoms with E-state index >= 15 is 0 Å². The van der Waals surface area contributed by atoms with Gasteiger partial charge in [0.1, 0.15) is 0 Å². The van der Waals surface area contributed by atoms with Crippen LogP contribution in [0.4, 0.5) is 5.69 Å². The third-order valence-corrected chi connectivity index (χ3v) is 5.10. The number of piperidine rings is 1. The summed E-state index contributed by atoms with van der Waals surface area (Å²) in [5, 5.41) is 6.35. The van der Waals surface area contributed by atoms with Crippen LogP contribution in [0.3, 0.4) is 0 Å². The van der Waals surface area contributed by atoms with Crippen molar-refractivity contribution in [1.82, 2.24) is 10.6 Å². The van der Waals surface area contributed by atoms with Crippen molar-refractivity contribution < 1.29 is 23.8 Å². The van der Waals surface area contributed by atoms with Gasteiger partial charge in [0.15, 0.2) is 11.5 Å². The molecule has 0 spiro atoms. The zero-order valence-corrected chi connectivity index (χ0v) is 16.0. The Kier molecular flexibility index (Phi) is 6.05. The Morgan fingerprint density at radius 1 is 1.19 bits per heavy atom. The molecular weight excluding hydrogens is 350 g/mol. The third-order valence-electron chi connectivity index (χ3n) is 5.10. The highest BCUT2D eigenvalue weighted by Crippen LogP contribution is 2.42. The van der Waals surface area contributed by atoms with Crippen molar-refractivity contribution in [3.05, 3.63) is 12.1 Å². The number of nitrogens with one attached hydrogen (secondary N) is 2. The molecule has 2 fully saturated rings. The molecule has 8 heteroatoms. The van der Waals surface area contributed by atoms with Crippen molar-refractivity contribution in [2.45, 2.75) is 25.3 Å². The lowest BCUT2D eigenvalue weighted by Crippen LogP contribution is -2.47. The second-order valence-electron chi connectivity index (χ2n) is 6.84. The first kappa shape index (κ1) is 19.3. The van der Waals surface area contributed by atoms with E-state index in [1.807, 2.05) is 0 Å². The van der Waals surface area contributed by atoms with Gasteiger partial charge in [0.25, 0.3) is 0 Å². The van der Waals surface area contributed by atoms with Crippen LogP contribution in [0.5, 0.6) is 17.2 Å². The topological polar surface area (TPSA) is 89.1 Å². The number of rotatable bonds is 6. The van der Waals surface area contributed by atoms with Crippen molar-refractivity contribution >= 4 is 17.5 Å². The molecule has 2 aliphatic heterocycles. The molecule has 2 aliphatic rings. The van der Waals surface area contributed by atoms with Gasteiger partial charge in [-0.15, -0.1) is 0 Å². The summed E-state index contributed by atoms with van der Waals surface area (Å²) in [6.07, 6.45) is 2.21. The number of hydrogen-bond acceptors (Lipinski definition) is 6. The van der Waals surface area contributed by atoms with Crippen LogP contribution in [0.2, 0.25) is 0 Å². The summed E-state index contributed by atoms with van der Waals surface area (Å²) in [6.45, 7) is 2.11. The molecule has 0 radical (unpaired) electrons. The normalized spacial score (nSPS) is 22.5. The highest BCUT2D eigenvalue weighted by Gasteiger charge is 2.36. The van der Waals surface area contributed by atoms with Gasteiger partial charge >= 0.3 is 0 Å². The van der Waals surface area contributed by atoms with Crippen LogP contribution in [-0.4, -0.2) is 58.8 Å². The summed E-state index contributed by atoms with van der Waals surface area (Å²) in [4.78, 5) is 26.8. The van der Waals surface area contributed by atoms with E-state index < -0.39 is 0 Å². The van der Waals surface area contributed by atoms with Crippen LogP contribution >= 0.6 is 0 Å². The molecule has 8 nitrogen and oxygen atoms in total. The van der Waals surface area contributed by atoms with Crippen molar-refractivity contribution in [2.75, 3.05) is 45.9 Å². The maximum atomic E-state index is 12.6. The van der Waals surface area contributed by atoms with Crippen molar-refractivity contribution in [1.29, 1.82) is 0 Å². The van der Waals surface area contributed by atoms with Gasteiger partial charge in [0.2, 0.25) is 17.6 Å². The van der Waals surface area contributed by atoms with Gasteiger partial charge < -0.3 is 29.7 Å². The van der Waals surface area contributed by atoms with Crippen LogP contribution in [0.25, 0.3) is 0 Å². The van der Waals surface area contributed by atoms with Gasteiger partial charge in [-0.3, -0.25) is 9.59 Å². The number of benzene rings is 1. The Bertz CT molecular complexity index is 678. The molecule has 0 bridgehead atoms. The number of carbonyl (C=O) groups excluding carboxylic acids is 2. The summed E-state index contributed by atoms with van der Waals surface area (Å²) >= 11 is 0. The average molecular weight is 377 g/mol. The predicted octanol–water partition coefficient (Wildman–Crippen LogP) is 0.934. The van der Waals surface area contributed by atoms with E-state index in [2.05, 4.69) is 10.6 Å².